The van der Waals surface area contributed by atoms with Gasteiger partial charge in [0, 0.05) is 13.0 Å². The normalized spacial score (nSPS) is 15.8. The number of hydrazine groups is 1. The molecular weight excluding hydrogens is 202 g/mol. The summed E-state index contributed by atoms with van der Waals surface area (Å²) in [6.45, 7) is 1.43. The van der Waals surface area contributed by atoms with Crippen molar-refractivity contribution < 1.29 is 4.79 Å². The first kappa shape index (κ1) is 11.1. The Balaban J connectivity index is 2.12. The molecule has 1 aliphatic heterocycles. The van der Waals surface area contributed by atoms with Crippen LogP contribution in [0.3, 0.4) is 0 Å². The van der Waals surface area contributed by atoms with Gasteiger partial charge < -0.3 is 5.73 Å². The van der Waals surface area contributed by atoms with Gasteiger partial charge in [-0.25, -0.2) is 10.4 Å². The molecule has 0 atom stereocenters. The molecule has 2 rings (SSSR count). The van der Waals surface area contributed by atoms with Crippen LogP contribution in [0.5, 0.6) is 0 Å². The number of carbonyl (C=O) groups excluding carboxylic acids is 1. The van der Waals surface area contributed by atoms with Crippen molar-refractivity contribution in [2.24, 2.45) is 5.73 Å². The fourth-order valence-corrected chi connectivity index (χ4v) is 1.87. The van der Waals surface area contributed by atoms with Crippen LogP contribution in [0.2, 0.25) is 0 Å². The van der Waals surface area contributed by atoms with Gasteiger partial charge in [0.05, 0.1) is 5.69 Å². The topological polar surface area (TPSA) is 58.4 Å². The van der Waals surface area contributed by atoms with E-state index in [0.29, 0.717) is 13.0 Å². The van der Waals surface area contributed by atoms with E-state index in [9.17, 15) is 4.79 Å². The molecule has 3 N–H and O–H groups in total. The van der Waals surface area contributed by atoms with E-state index in [1.807, 2.05) is 18.2 Å². The van der Waals surface area contributed by atoms with Gasteiger partial charge in [-0.1, -0.05) is 12.1 Å². The molecule has 1 aliphatic rings. The third-order valence-electron chi connectivity index (χ3n) is 2.70. The Kier molecular flexibility index (Phi) is 3.54. The van der Waals surface area contributed by atoms with Crippen LogP contribution in [0, 0.1) is 0 Å². The number of nitrogens with zero attached hydrogens (tertiary/aromatic N) is 1. The minimum absolute atomic E-state index is 0.135. The van der Waals surface area contributed by atoms with Gasteiger partial charge in [-0.05, 0) is 37.1 Å². The quantitative estimate of drug-likeness (QED) is 0.788. The molecule has 0 spiro atoms. The summed E-state index contributed by atoms with van der Waals surface area (Å²) >= 11 is 0. The molecule has 1 heterocycles. The largest absolute Gasteiger partial charge is 0.330 e. The van der Waals surface area contributed by atoms with E-state index in [0.717, 1.165) is 25.1 Å². The molecule has 86 valence electrons. The minimum Gasteiger partial charge on any atom is -0.330 e. The van der Waals surface area contributed by atoms with Crippen molar-refractivity contribution in [1.82, 2.24) is 5.43 Å². The number of aryl methyl sites for hydroxylation is 1. The Morgan fingerprint density at radius 3 is 3.00 bits per heavy atom. The summed E-state index contributed by atoms with van der Waals surface area (Å²) < 4.78 is 0. The van der Waals surface area contributed by atoms with Crippen molar-refractivity contribution in [3.8, 4) is 0 Å². The molecule has 4 nitrogen and oxygen atoms in total. The number of benzene rings is 1. The zero-order chi connectivity index (χ0) is 11.4. The zero-order valence-corrected chi connectivity index (χ0v) is 9.28. The molecule has 0 bridgehead atoms. The monoisotopic (exact) mass is 219 g/mol. The highest BCUT2D eigenvalue weighted by Gasteiger charge is 2.21. The molecule has 0 aliphatic carbocycles. The molecule has 16 heavy (non-hydrogen) atoms. The lowest BCUT2D eigenvalue weighted by molar-refractivity contribution is -0.117. The number of nitrogens with one attached hydrogen (secondary N) is 1. The highest BCUT2D eigenvalue weighted by atomic mass is 16.2. The van der Waals surface area contributed by atoms with Crippen molar-refractivity contribution in [3.63, 3.8) is 0 Å². The van der Waals surface area contributed by atoms with Gasteiger partial charge in [-0.3, -0.25) is 4.79 Å². The number of nitrogens with two attached hydrogens (primary N) is 1. The fourth-order valence-electron chi connectivity index (χ4n) is 1.87. The first-order valence-corrected chi connectivity index (χ1v) is 5.67. The van der Waals surface area contributed by atoms with E-state index in [1.165, 1.54) is 5.56 Å². The van der Waals surface area contributed by atoms with Gasteiger partial charge in [0.25, 0.3) is 0 Å². The summed E-state index contributed by atoms with van der Waals surface area (Å²) in [5.41, 5.74) is 10.7. The van der Waals surface area contributed by atoms with Crippen molar-refractivity contribution in [2.45, 2.75) is 19.3 Å². The maximum atomic E-state index is 11.5. The minimum atomic E-state index is 0.135. The smallest absolute Gasteiger partial charge is 0.242 e. The molecule has 0 radical (unpaired) electrons. The third-order valence-corrected chi connectivity index (χ3v) is 2.70. The maximum Gasteiger partial charge on any atom is 0.242 e. The number of amides is 1. The van der Waals surface area contributed by atoms with E-state index in [1.54, 1.807) is 5.01 Å². The summed E-state index contributed by atoms with van der Waals surface area (Å²) in [5, 5.41) is 1.63. The SMILES string of the molecule is NCCCc1cccc(N2NCCC2=O)c1. The van der Waals surface area contributed by atoms with E-state index in [-0.39, 0.29) is 5.91 Å². The zero-order valence-electron chi connectivity index (χ0n) is 9.28. The Labute approximate surface area is 95.4 Å². The summed E-state index contributed by atoms with van der Waals surface area (Å²) in [5.74, 6) is 0.135. The van der Waals surface area contributed by atoms with Crippen molar-refractivity contribution in [2.75, 3.05) is 18.1 Å². The van der Waals surface area contributed by atoms with Gasteiger partial charge in [-0.15, -0.1) is 0 Å². The average molecular weight is 219 g/mol. The lowest BCUT2D eigenvalue weighted by atomic mass is 10.1. The average Bonchev–Trinajstić information content (AvgIpc) is 2.73. The van der Waals surface area contributed by atoms with Gasteiger partial charge in [0.2, 0.25) is 5.91 Å². The molecule has 0 saturated carbocycles. The van der Waals surface area contributed by atoms with E-state index < -0.39 is 0 Å². The highest BCUT2D eigenvalue weighted by molar-refractivity contribution is 5.94. The maximum absolute atomic E-state index is 11.5. The molecular formula is C12H17N3O. The second-order valence-corrected chi connectivity index (χ2v) is 3.95. The molecule has 1 aromatic rings. The van der Waals surface area contributed by atoms with Gasteiger partial charge >= 0.3 is 0 Å². The number of rotatable bonds is 4. The first-order valence-electron chi connectivity index (χ1n) is 5.67. The summed E-state index contributed by atoms with van der Waals surface area (Å²) in [6.07, 6.45) is 2.52. The Bertz CT molecular complexity index is 378. The fraction of sp³-hybridized carbons (Fsp3) is 0.417. The van der Waals surface area contributed by atoms with Gasteiger partial charge in [0.1, 0.15) is 0 Å². The first-order chi connectivity index (χ1) is 7.81. The predicted molar refractivity (Wildman–Crippen MR) is 63.9 cm³/mol. The summed E-state index contributed by atoms with van der Waals surface area (Å²) in [4.78, 5) is 11.5. The summed E-state index contributed by atoms with van der Waals surface area (Å²) in [7, 11) is 0. The Morgan fingerprint density at radius 2 is 2.31 bits per heavy atom. The molecule has 1 aromatic carbocycles. The Hall–Kier alpha value is -1.39. The van der Waals surface area contributed by atoms with Crippen LogP contribution in [0.25, 0.3) is 0 Å². The molecule has 4 heteroatoms. The van der Waals surface area contributed by atoms with Crippen LogP contribution in [0.15, 0.2) is 24.3 Å². The second kappa shape index (κ2) is 5.09. The van der Waals surface area contributed by atoms with Crippen LogP contribution in [0.4, 0.5) is 5.69 Å². The Morgan fingerprint density at radius 1 is 1.44 bits per heavy atom. The molecule has 0 aromatic heterocycles. The van der Waals surface area contributed by atoms with Crippen LogP contribution >= 0.6 is 0 Å². The summed E-state index contributed by atoms with van der Waals surface area (Å²) in [6, 6.07) is 8.04. The molecule has 1 amide bonds. The molecule has 1 saturated heterocycles. The predicted octanol–water partition coefficient (Wildman–Crippen LogP) is 0.819. The number of hydrogen-bond acceptors (Lipinski definition) is 3. The number of carbonyl (C=O) groups is 1. The van der Waals surface area contributed by atoms with E-state index in [2.05, 4.69) is 11.5 Å². The number of hydrogen-bond donors (Lipinski definition) is 2. The molecule has 1 fully saturated rings. The third kappa shape index (κ3) is 2.40. The van der Waals surface area contributed by atoms with Crippen LogP contribution in [-0.4, -0.2) is 19.0 Å². The standard InChI is InChI=1S/C12H17N3O/c13-7-2-4-10-3-1-5-11(9-10)15-12(16)6-8-14-15/h1,3,5,9,14H,2,4,6-8,13H2. The number of anilines is 1. The van der Waals surface area contributed by atoms with Crippen LogP contribution in [0.1, 0.15) is 18.4 Å². The van der Waals surface area contributed by atoms with Crippen molar-refractivity contribution in [1.29, 1.82) is 0 Å². The molecule has 0 unspecified atom stereocenters. The van der Waals surface area contributed by atoms with Crippen LogP contribution in [-0.2, 0) is 11.2 Å². The second-order valence-electron chi connectivity index (χ2n) is 3.95. The van der Waals surface area contributed by atoms with Gasteiger partial charge in [-0.2, -0.15) is 0 Å². The lowest BCUT2D eigenvalue weighted by Gasteiger charge is -2.16. The van der Waals surface area contributed by atoms with Crippen molar-refractivity contribution in [3.05, 3.63) is 29.8 Å². The van der Waals surface area contributed by atoms with Crippen LogP contribution < -0.4 is 16.2 Å². The van der Waals surface area contributed by atoms with Crippen molar-refractivity contribution >= 4 is 11.6 Å². The van der Waals surface area contributed by atoms with Gasteiger partial charge in [0.15, 0.2) is 0 Å². The van der Waals surface area contributed by atoms with E-state index in [4.69, 9.17) is 5.73 Å². The van der Waals surface area contributed by atoms with E-state index >= 15 is 0 Å². The lowest BCUT2D eigenvalue weighted by Crippen LogP contribution is -2.33. The highest BCUT2D eigenvalue weighted by Crippen LogP contribution is 2.18.